The molecule has 1 saturated carbocycles. The highest BCUT2D eigenvalue weighted by Crippen LogP contribution is 2.40. The molecule has 5 rings (SSSR count). The fourth-order valence-corrected chi connectivity index (χ4v) is 5.12. The summed E-state index contributed by atoms with van der Waals surface area (Å²) in [5.74, 6) is 2.04. The first kappa shape index (κ1) is 22.7. The highest BCUT2D eigenvalue weighted by molar-refractivity contribution is 6.30. The number of nitrogens with zero attached hydrogens (tertiary/aromatic N) is 5. The lowest BCUT2D eigenvalue weighted by Crippen LogP contribution is -2.48. The second-order valence-corrected chi connectivity index (χ2v) is 9.57. The maximum Gasteiger partial charge on any atom is 0.322 e. The number of anilines is 2. The third kappa shape index (κ3) is 4.49. The lowest BCUT2D eigenvalue weighted by Gasteiger charge is -2.39. The quantitative estimate of drug-likeness (QED) is 0.493. The van der Waals surface area contributed by atoms with Crippen LogP contribution in [-0.4, -0.2) is 46.0 Å². The van der Waals surface area contributed by atoms with E-state index in [0.29, 0.717) is 35.4 Å². The summed E-state index contributed by atoms with van der Waals surface area (Å²) in [6, 6.07) is 8.93. The molecule has 1 aliphatic heterocycles. The van der Waals surface area contributed by atoms with Gasteiger partial charge in [0.05, 0.1) is 18.2 Å². The van der Waals surface area contributed by atoms with Gasteiger partial charge < -0.3 is 19.7 Å². The molecule has 3 atom stereocenters. The fraction of sp³-hybridized carbons (Fsp3) is 0.458. The van der Waals surface area contributed by atoms with Crippen molar-refractivity contribution in [3.8, 4) is 17.6 Å². The molecule has 0 spiro atoms. The molecule has 0 radical (unpaired) electrons. The van der Waals surface area contributed by atoms with Gasteiger partial charge >= 0.3 is 6.01 Å². The number of nitrogens with one attached hydrogen (secondary N) is 1. The van der Waals surface area contributed by atoms with Crippen LogP contribution >= 0.6 is 11.6 Å². The van der Waals surface area contributed by atoms with Crippen molar-refractivity contribution in [3.63, 3.8) is 0 Å². The number of hydrogen-bond acceptors (Lipinski definition) is 7. The van der Waals surface area contributed by atoms with Crippen molar-refractivity contribution in [2.75, 3.05) is 30.4 Å². The van der Waals surface area contributed by atoms with Gasteiger partial charge in [0.15, 0.2) is 0 Å². The summed E-state index contributed by atoms with van der Waals surface area (Å²) in [6.07, 6.45) is 4.10. The maximum atomic E-state index is 13.5. The molecule has 34 heavy (non-hydrogen) atoms. The Hall–Kier alpha value is -3.07. The van der Waals surface area contributed by atoms with E-state index in [1.807, 2.05) is 26.0 Å². The summed E-state index contributed by atoms with van der Waals surface area (Å²) in [4.78, 5) is 11.3. The van der Waals surface area contributed by atoms with Gasteiger partial charge in [0, 0.05) is 43.1 Å². The van der Waals surface area contributed by atoms with E-state index in [1.165, 1.54) is 18.2 Å². The highest BCUT2D eigenvalue weighted by Gasteiger charge is 2.42. The summed E-state index contributed by atoms with van der Waals surface area (Å²) >= 11 is 5.90. The van der Waals surface area contributed by atoms with E-state index in [0.717, 1.165) is 31.6 Å². The number of benzene rings is 1. The Morgan fingerprint density at radius 2 is 1.91 bits per heavy atom. The third-order valence-electron chi connectivity index (χ3n) is 6.61. The summed E-state index contributed by atoms with van der Waals surface area (Å²) in [5, 5.41) is 8.25. The highest BCUT2D eigenvalue weighted by atomic mass is 35.5. The van der Waals surface area contributed by atoms with Crippen molar-refractivity contribution in [3.05, 3.63) is 47.4 Å². The van der Waals surface area contributed by atoms with E-state index in [1.54, 1.807) is 18.0 Å². The van der Waals surface area contributed by atoms with Crippen LogP contribution in [0.15, 0.2) is 36.5 Å². The molecule has 0 amide bonds. The SMILES string of the molecule is COc1cc(N2C[C@H]3CC[C@@H](C2)C3Nc2nc(Oc3ccc(F)c(Cl)c3)n(C(C)C)n2)ccn1. The number of rotatable bonds is 7. The molecule has 180 valence electrons. The molecule has 1 aliphatic carbocycles. The van der Waals surface area contributed by atoms with Crippen molar-refractivity contribution < 1.29 is 13.9 Å². The molecule has 3 aromatic rings. The van der Waals surface area contributed by atoms with Crippen LogP contribution < -0.4 is 19.7 Å². The molecule has 1 N–H and O–H groups in total. The summed E-state index contributed by atoms with van der Waals surface area (Å²) in [5.41, 5.74) is 1.14. The molecule has 1 unspecified atom stereocenters. The molecule has 2 fully saturated rings. The second-order valence-electron chi connectivity index (χ2n) is 9.16. The minimum Gasteiger partial charge on any atom is -0.481 e. The monoisotopic (exact) mass is 486 g/mol. The van der Waals surface area contributed by atoms with Crippen LogP contribution in [0.4, 0.5) is 16.0 Å². The number of ether oxygens (including phenoxy) is 2. The number of methoxy groups -OCH3 is 1. The topological polar surface area (TPSA) is 77.3 Å². The molecule has 10 heteroatoms. The van der Waals surface area contributed by atoms with Gasteiger partial charge in [0.25, 0.3) is 0 Å². The Bertz CT molecular complexity index is 1160. The molecular weight excluding hydrogens is 459 g/mol. The van der Waals surface area contributed by atoms with Crippen molar-refractivity contribution >= 4 is 23.2 Å². The van der Waals surface area contributed by atoms with Gasteiger partial charge in [-0.25, -0.2) is 14.1 Å². The first-order valence-electron chi connectivity index (χ1n) is 11.5. The van der Waals surface area contributed by atoms with Gasteiger partial charge in [-0.15, -0.1) is 5.10 Å². The standard InChI is InChI=1S/C24H28ClFN6O2/c1-14(2)32-24(34-18-6-7-20(26)19(25)11-18)29-23(30-32)28-22-15-4-5-16(22)13-31(12-15)17-8-9-27-21(10-17)33-3/h6-11,14-16,22H,4-5,12-13H2,1-3H3,(H,28,30)/t15-,16+,22?. The minimum absolute atomic E-state index is 0.00149. The molecular formula is C24H28ClFN6O2. The first-order valence-corrected chi connectivity index (χ1v) is 11.9. The van der Waals surface area contributed by atoms with Crippen LogP contribution in [0.2, 0.25) is 5.02 Å². The molecule has 1 aromatic carbocycles. The van der Waals surface area contributed by atoms with E-state index in [9.17, 15) is 4.39 Å². The molecule has 8 nitrogen and oxygen atoms in total. The normalized spacial score (nSPS) is 21.7. The zero-order chi connectivity index (χ0) is 23.8. The third-order valence-corrected chi connectivity index (χ3v) is 6.90. The Balaban J connectivity index is 1.32. The zero-order valence-corrected chi connectivity index (χ0v) is 20.2. The van der Waals surface area contributed by atoms with Crippen LogP contribution in [0.3, 0.4) is 0 Å². The number of hydrogen-bond donors (Lipinski definition) is 1. The predicted molar refractivity (Wildman–Crippen MR) is 129 cm³/mol. The Kier molecular flexibility index (Phi) is 6.20. The lowest BCUT2D eigenvalue weighted by molar-refractivity contribution is 0.373. The van der Waals surface area contributed by atoms with E-state index >= 15 is 0 Å². The van der Waals surface area contributed by atoms with Gasteiger partial charge in [-0.2, -0.15) is 4.98 Å². The van der Waals surface area contributed by atoms with Crippen LogP contribution in [0.1, 0.15) is 32.7 Å². The number of piperidine rings is 1. The van der Waals surface area contributed by atoms with Crippen LogP contribution in [0, 0.1) is 17.7 Å². The number of pyridine rings is 1. The minimum atomic E-state index is -0.492. The van der Waals surface area contributed by atoms with Gasteiger partial charge in [-0.1, -0.05) is 11.6 Å². The fourth-order valence-electron chi connectivity index (χ4n) is 4.95. The van der Waals surface area contributed by atoms with Crippen molar-refractivity contribution in [1.29, 1.82) is 0 Å². The molecule has 1 saturated heterocycles. The van der Waals surface area contributed by atoms with E-state index in [2.05, 4.69) is 25.3 Å². The average molecular weight is 487 g/mol. The van der Waals surface area contributed by atoms with Crippen LogP contribution in [0.5, 0.6) is 17.6 Å². The Labute approximate surface area is 203 Å². The van der Waals surface area contributed by atoms with E-state index in [4.69, 9.17) is 21.1 Å². The van der Waals surface area contributed by atoms with Gasteiger partial charge in [0.1, 0.15) is 11.6 Å². The predicted octanol–water partition coefficient (Wildman–Crippen LogP) is 5.17. The van der Waals surface area contributed by atoms with Crippen molar-refractivity contribution in [1.82, 2.24) is 19.7 Å². The average Bonchev–Trinajstić information content (AvgIpc) is 3.32. The summed E-state index contributed by atoms with van der Waals surface area (Å²) in [7, 11) is 1.64. The molecule has 2 aliphatic rings. The number of halogens is 2. The van der Waals surface area contributed by atoms with Crippen molar-refractivity contribution in [2.45, 2.75) is 38.8 Å². The van der Waals surface area contributed by atoms with Gasteiger partial charge in [-0.05, 0) is 56.7 Å². The first-order chi connectivity index (χ1) is 16.4. The largest absolute Gasteiger partial charge is 0.481 e. The van der Waals surface area contributed by atoms with Crippen LogP contribution in [0.25, 0.3) is 0 Å². The van der Waals surface area contributed by atoms with E-state index in [-0.39, 0.29) is 17.1 Å². The molecule has 3 heterocycles. The number of fused-ring (bicyclic) bond motifs is 2. The van der Waals surface area contributed by atoms with Gasteiger partial charge in [-0.3, -0.25) is 0 Å². The molecule has 2 aromatic heterocycles. The second kappa shape index (κ2) is 9.29. The molecule has 2 bridgehead atoms. The number of aromatic nitrogens is 4. The summed E-state index contributed by atoms with van der Waals surface area (Å²) < 4.78 is 26.5. The Morgan fingerprint density at radius 3 is 2.59 bits per heavy atom. The van der Waals surface area contributed by atoms with Crippen LogP contribution in [-0.2, 0) is 0 Å². The lowest BCUT2D eigenvalue weighted by atomic mass is 9.92. The summed E-state index contributed by atoms with van der Waals surface area (Å²) in [6.45, 7) is 5.91. The Morgan fingerprint density at radius 1 is 1.15 bits per heavy atom. The van der Waals surface area contributed by atoms with Crippen molar-refractivity contribution in [2.24, 2.45) is 11.8 Å². The smallest absolute Gasteiger partial charge is 0.322 e. The zero-order valence-electron chi connectivity index (χ0n) is 19.4. The van der Waals surface area contributed by atoms with E-state index < -0.39 is 5.82 Å². The maximum absolute atomic E-state index is 13.5. The van der Waals surface area contributed by atoms with Gasteiger partial charge in [0.2, 0.25) is 11.8 Å².